The fourth-order valence-corrected chi connectivity index (χ4v) is 3.61. The Bertz CT molecular complexity index is 1300. The number of hydrazone groups is 1. The number of nitrogens with one attached hydrogen (secondary N) is 2. The molecule has 0 bridgehead atoms. The molecule has 37 heavy (non-hydrogen) atoms. The maximum atomic E-state index is 12.3. The van der Waals surface area contributed by atoms with Crippen LogP contribution in [0.5, 0.6) is 17.2 Å². The molecule has 0 atom stereocenters. The molecular formula is C25H23BrN4O7. The van der Waals surface area contributed by atoms with E-state index in [9.17, 15) is 19.7 Å². The van der Waals surface area contributed by atoms with E-state index in [-0.39, 0.29) is 23.8 Å². The summed E-state index contributed by atoms with van der Waals surface area (Å²) in [7, 11) is 1.56. The first-order valence-electron chi connectivity index (χ1n) is 10.9. The number of nitrogens with zero attached hydrogens (tertiary/aromatic N) is 2. The molecule has 11 nitrogen and oxygen atoms in total. The van der Waals surface area contributed by atoms with Crippen molar-refractivity contribution >= 4 is 45.3 Å². The minimum Gasteiger partial charge on any atom is -0.497 e. The minimum atomic E-state index is -0.547. The predicted molar refractivity (Wildman–Crippen MR) is 141 cm³/mol. The van der Waals surface area contributed by atoms with Gasteiger partial charge in [0, 0.05) is 23.4 Å². The van der Waals surface area contributed by atoms with Crippen molar-refractivity contribution in [3.63, 3.8) is 0 Å². The number of hydrogen-bond acceptors (Lipinski definition) is 8. The first kappa shape index (κ1) is 27.1. The van der Waals surface area contributed by atoms with Crippen LogP contribution in [-0.4, -0.2) is 43.3 Å². The summed E-state index contributed by atoms with van der Waals surface area (Å²) in [5, 5.41) is 17.4. The van der Waals surface area contributed by atoms with E-state index >= 15 is 0 Å². The number of carbonyl (C=O) groups is 2. The lowest BCUT2D eigenvalue weighted by Crippen LogP contribution is -2.20. The Morgan fingerprint density at radius 2 is 1.78 bits per heavy atom. The van der Waals surface area contributed by atoms with Crippen LogP contribution >= 0.6 is 15.9 Å². The van der Waals surface area contributed by atoms with Gasteiger partial charge in [-0.25, -0.2) is 5.43 Å². The Kier molecular flexibility index (Phi) is 9.55. The second-order valence-corrected chi connectivity index (χ2v) is 8.19. The summed E-state index contributed by atoms with van der Waals surface area (Å²) in [6, 6.07) is 15.4. The molecule has 3 aromatic rings. The molecule has 0 aliphatic rings. The van der Waals surface area contributed by atoms with Crippen molar-refractivity contribution in [3.8, 4) is 17.2 Å². The Morgan fingerprint density at radius 1 is 1.08 bits per heavy atom. The summed E-state index contributed by atoms with van der Waals surface area (Å²) in [5.41, 5.74) is 3.64. The Morgan fingerprint density at radius 3 is 2.41 bits per heavy atom. The molecule has 2 N–H and O–H groups in total. The minimum absolute atomic E-state index is 0.117. The molecule has 0 spiro atoms. The topological polar surface area (TPSA) is 141 Å². The van der Waals surface area contributed by atoms with Crippen molar-refractivity contribution in [3.05, 3.63) is 86.4 Å². The molecule has 0 fully saturated rings. The van der Waals surface area contributed by atoms with Gasteiger partial charge in [-0.05, 0) is 76.9 Å². The van der Waals surface area contributed by atoms with Crippen LogP contribution in [0.4, 0.5) is 11.4 Å². The number of methoxy groups -OCH3 is 1. The van der Waals surface area contributed by atoms with Gasteiger partial charge in [-0.15, -0.1) is 0 Å². The predicted octanol–water partition coefficient (Wildman–Crippen LogP) is 4.55. The second kappa shape index (κ2) is 13.0. The molecule has 0 unspecified atom stereocenters. The van der Waals surface area contributed by atoms with E-state index in [1.54, 1.807) is 50.4 Å². The Labute approximate surface area is 220 Å². The number of hydrogen-bond donors (Lipinski definition) is 2. The summed E-state index contributed by atoms with van der Waals surface area (Å²) in [6.07, 6.45) is 1.40. The Hall–Kier alpha value is -4.45. The largest absolute Gasteiger partial charge is 0.497 e. The van der Waals surface area contributed by atoms with Gasteiger partial charge in [-0.2, -0.15) is 5.10 Å². The number of ether oxygens (including phenoxy) is 3. The van der Waals surface area contributed by atoms with E-state index < -0.39 is 10.8 Å². The number of nitro groups is 1. The number of non-ortho nitro benzene ring substituents is 1. The van der Waals surface area contributed by atoms with Crippen molar-refractivity contribution in [2.45, 2.75) is 6.92 Å². The maximum Gasteiger partial charge on any atom is 0.271 e. The molecule has 0 aliphatic heterocycles. The molecule has 0 aliphatic carbocycles. The van der Waals surface area contributed by atoms with E-state index in [1.165, 1.54) is 30.5 Å². The van der Waals surface area contributed by atoms with E-state index in [2.05, 4.69) is 31.8 Å². The SMILES string of the molecule is CCOc1cc(/C=N/NC(=O)c2ccc([N+](=O)[O-])cc2)cc(Br)c1OCC(=O)Nc1ccc(OC)cc1. The third-order valence-corrected chi connectivity index (χ3v) is 5.36. The van der Waals surface area contributed by atoms with Crippen molar-refractivity contribution < 1.29 is 28.7 Å². The van der Waals surface area contributed by atoms with Crippen molar-refractivity contribution in [1.29, 1.82) is 0 Å². The lowest BCUT2D eigenvalue weighted by molar-refractivity contribution is -0.384. The van der Waals surface area contributed by atoms with E-state index in [1.807, 2.05) is 0 Å². The summed E-state index contributed by atoms with van der Waals surface area (Å²) in [4.78, 5) is 34.8. The molecule has 0 heterocycles. The summed E-state index contributed by atoms with van der Waals surface area (Å²) in [6.45, 7) is 1.89. The van der Waals surface area contributed by atoms with Crippen LogP contribution in [0, 0.1) is 10.1 Å². The zero-order chi connectivity index (χ0) is 26.8. The fourth-order valence-electron chi connectivity index (χ4n) is 3.04. The number of nitro benzene ring substituents is 1. The van der Waals surface area contributed by atoms with Gasteiger partial charge >= 0.3 is 0 Å². The molecule has 0 saturated carbocycles. The lowest BCUT2D eigenvalue weighted by atomic mass is 10.2. The van der Waals surface area contributed by atoms with E-state index in [0.29, 0.717) is 39.6 Å². The number of rotatable bonds is 11. The molecule has 192 valence electrons. The van der Waals surface area contributed by atoms with E-state index in [0.717, 1.165) is 0 Å². The zero-order valence-corrected chi connectivity index (χ0v) is 21.5. The number of carbonyl (C=O) groups excluding carboxylic acids is 2. The quantitative estimate of drug-likeness (QED) is 0.196. The highest BCUT2D eigenvalue weighted by atomic mass is 79.9. The number of halogens is 1. The van der Waals surface area contributed by atoms with Crippen molar-refractivity contribution in [2.24, 2.45) is 5.10 Å². The molecule has 0 saturated heterocycles. The van der Waals surface area contributed by atoms with Gasteiger partial charge in [0.15, 0.2) is 18.1 Å². The third kappa shape index (κ3) is 7.77. The van der Waals surface area contributed by atoms with Gasteiger partial charge in [0.1, 0.15) is 5.75 Å². The number of benzene rings is 3. The van der Waals surface area contributed by atoms with Gasteiger partial charge in [0.05, 0.1) is 29.3 Å². The first-order valence-corrected chi connectivity index (χ1v) is 11.7. The van der Waals surface area contributed by atoms with Crippen LogP contribution in [0.3, 0.4) is 0 Å². The highest BCUT2D eigenvalue weighted by molar-refractivity contribution is 9.10. The molecular weight excluding hydrogens is 548 g/mol. The Balaban J connectivity index is 1.63. The van der Waals surface area contributed by atoms with Crippen LogP contribution in [0.15, 0.2) is 70.2 Å². The first-order chi connectivity index (χ1) is 17.8. The highest BCUT2D eigenvalue weighted by Gasteiger charge is 2.14. The van der Waals surface area contributed by atoms with E-state index in [4.69, 9.17) is 14.2 Å². The smallest absolute Gasteiger partial charge is 0.271 e. The average Bonchev–Trinajstić information content (AvgIpc) is 2.89. The van der Waals surface area contributed by atoms with Gasteiger partial charge in [0.2, 0.25) is 0 Å². The average molecular weight is 571 g/mol. The molecule has 0 aromatic heterocycles. The van der Waals surface area contributed by atoms with Gasteiger partial charge in [0.25, 0.3) is 17.5 Å². The van der Waals surface area contributed by atoms with Crippen LogP contribution in [0.25, 0.3) is 0 Å². The normalized spacial score (nSPS) is 10.6. The van der Waals surface area contributed by atoms with Gasteiger partial charge in [-0.3, -0.25) is 19.7 Å². The second-order valence-electron chi connectivity index (χ2n) is 7.33. The summed E-state index contributed by atoms with van der Waals surface area (Å²) >= 11 is 3.42. The van der Waals surface area contributed by atoms with Crippen LogP contribution in [0.1, 0.15) is 22.8 Å². The molecule has 2 amide bonds. The fraction of sp³-hybridized carbons (Fsp3) is 0.160. The van der Waals surface area contributed by atoms with Crippen molar-refractivity contribution in [1.82, 2.24) is 5.43 Å². The summed E-state index contributed by atoms with van der Waals surface area (Å²) in [5.74, 6) is 0.488. The van der Waals surface area contributed by atoms with Crippen LogP contribution < -0.4 is 25.0 Å². The molecule has 3 aromatic carbocycles. The zero-order valence-electron chi connectivity index (χ0n) is 19.9. The molecule has 12 heteroatoms. The number of anilines is 1. The molecule has 3 rings (SSSR count). The highest BCUT2D eigenvalue weighted by Crippen LogP contribution is 2.36. The molecule has 0 radical (unpaired) electrons. The van der Waals surface area contributed by atoms with Crippen LogP contribution in [0.2, 0.25) is 0 Å². The monoisotopic (exact) mass is 570 g/mol. The van der Waals surface area contributed by atoms with Gasteiger partial charge < -0.3 is 19.5 Å². The lowest BCUT2D eigenvalue weighted by Gasteiger charge is -2.14. The van der Waals surface area contributed by atoms with Gasteiger partial charge in [-0.1, -0.05) is 0 Å². The van der Waals surface area contributed by atoms with Crippen molar-refractivity contribution in [2.75, 3.05) is 25.6 Å². The third-order valence-electron chi connectivity index (χ3n) is 4.77. The standard InChI is InChI=1S/C25H23BrN4O7/c1-3-36-22-13-16(14-27-29-25(32)17-4-8-19(9-5-17)30(33)34)12-21(26)24(22)37-15-23(31)28-18-6-10-20(35-2)11-7-18/h4-14H,3,15H2,1-2H3,(H,28,31)(H,29,32)/b27-14+. The number of amides is 2. The summed E-state index contributed by atoms with van der Waals surface area (Å²) < 4.78 is 17.0. The van der Waals surface area contributed by atoms with Crippen LogP contribution in [-0.2, 0) is 4.79 Å². The maximum absolute atomic E-state index is 12.3.